The zero-order chi connectivity index (χ0) is 9.10. The maximum atomic E-state index is 5.75. The molecule has 2 nitrogen and oxygen atoms in total. The van der Waals surface area contributed by atoms with Crippen molar-refractivity contribution in [2.24, 2.45) is 0 Å². The second-order valence-electron chi connectivity index (χ2n) is 3.37. The molecule has 1 aromatic rings. The second kappa shape index (κ2) is 4.22. The van der Waals surface area contributed by atoms with E-state index in [0.717, 1.165) is 26.1 Å². The standard InChI is InChI=1S/C10H15NOS/c1-8-3-4-10(13-8)9-7-11-5-2-6-12-9/h3-4,9,11H,2,5-7H2,1H3. The molecule has 1 atom stereocenters. The van der Waals surface area contributed by atoms with Crippen molar-refractivity contribution in [2.45, 2.75) is 19.4 Å². The summed E-state index contributed by atoms with van der Waals surface area (Å²) in [5, 5.41) is 3.39. The first-order valence-electron chi connectivity index (χ1n) is 4.75. The van der Waals surface area contributed by atoms with Crippen LogP contribution < -0.4 is 5.32 Å². The number of ether oxygens (including phenoxy) is 1. The summed E-state index contributed by atoms with van der Waals surface area (Å²) in [5.74, 6) is 0. The summed E-state index contributed by atoms with van der Waals surface area (Å²) < 4.78 is 5.75. The summed E-state index contributed by atoms with van der Waals surface area (Å²) in [6.45, 7) is 5.06. The van der Waals surface area contributed by atoms with Gasteiger partial charge in [0.2, 0.25) is 0 Å². The lowest BCUT2D eigenvalue weighted by atomic mass is 10.3. The van der Waals surface area contributed by atoms with Crippen LogP contribution in [-0.4, -0.2) is 19.7 Å². The lowest BCUT2D eigenvalue weighted by molar-refractivity contribution is 0.0694. The molecular formula is C10H15NOS. The van der Waals surface area contributed by atoms with Gasteiger partial charge in [0.05, 0.1) is 0 Å². The Kier molecular flexibility index (Phi) is 2.98. The molecule has 2 heterocycles. The number of rotatable bonds is 1. The van der Waals surface area contributed by atoms with Crippen LogP contribution in [0.15, 0.2) is 12.1 Å². The van der Waals surface area contributed by atoms with E-state index >= 15 is 0 Å². The average Bonchev–Trinajstić information content (AvgIpc) is 2.43. The molecule has 1 N–H and O–H groups in total. The predicted molar refractivity (Wildman–Crippen MR) is 55.2 cm³/mol. The highest BCUT2D eigenvalue weighted by molar-refractivity contribution is 7.12. The summed E-state index contributed by atoms with van der Waals surface area (Å²) in [7, 11) is 0. The Morgan fingerprint density at radius 3 is 3.23 bits per heavy atom. The van der Waals surface area contributed by atoms with Crippen LogP contribution in [0.4, 0.5) is 0 Å². The van der Waals surface area contributed by atoms with Crippen molar-refractivity contribution in [3.8, 4) is 0 Å². The monoisotopic (exact) mass is 197 g/mol. The molecule has 3 heteroatoms. The molecule has 1 aromatic heterocycles. The average molecular weight is 197 g/mol. The van der Waals surface area contributed by atoms with E-state index < -0.39 is 0 Å². The minimum absolute atomic E-state index is 0.279. The SMILES string of the molecule is Cc1ccc(C2CNCCCO2)s1. The minimum Gasteiger partial charge on any atom is -0.371 e. The van der Waals surface area contributed by atoms with Gasteiger partial charge in [0.1, 0.15) is 6.10 Å². The van der Waals surface area contributed by atoms with Crippen LogP contribution in [0.2, 0.25) is 0 Å². The largest absolute Gasteiger partial charge is 0.371 e. The smallest absolute Gasteiger partial charge is 0.104 e. The maximum Gasteiger partial charge on any atom is 0.104 e. The lowest BCUT2D eigenvalue weighted by Gasteiger charge is -2.12. The number of thiophene rings is 1. The van der Waals surface area contributed by atoms with Crippen LogP contribution in [0, 0.1) is 6.92 Å². The lowest BCUT2D eigenvalue weighted by Crippen LogP contribution is -2.19. The Morgan fingerprint density at radius 2 is 2.46 bits per heavy atom. The van der Waals surface area contributed by atoms with E-state index in [0.29, 0.717) is 0 Å². The summed E-state index contributed by atoms with van der Waals surface area (Å²) in [5.41, 5.74) is 0. The summed E-state index contributed by atoms with van der Waals surface area (Å²) in [6, 6.07) is 4.34. The summed E-state index contributed by atoms with van der Waals surface area (Å²) in [4.78, 5) is 2.72. The molecule has 13 heavy (non-hydrogen) atoms. The van der Waals surface area contributed by atoms with E-state index in [-0.39, 0.29) is 6.10 Å². The molecule has 0 saturated carbocycles. The van der Waals surface area contributed by atoms with Gasteiger partial charge in [0.15, 0.2) is 0 Å². The summed E-state index contributed by atoms with van der Waals surface area (Å²) >= 11 is 1.84. The van der Waals surface area contributed by atoms with Gasteiger partial charge in [-0.05, 0) is 32.0 Å². The molecule has 1 unspecified atom stereocenters. The van der Waals surface area contributed by atoms with Crippen LogP contribution in [0.25, 0.3) is 0 Å². The van der Waals surface area contributed by atoms with Crippen molar-refractivity contribution in [3.05, 3.63) is 21.9 Å². The highest BCUT2D eigenvalue weighted by Crippen LogP contribution is 2.25. The van der Waals surface area contributed by atoms with Crippen molar-refractivity contribution in [3.63, 3.8) is 0 Å². The van der Waals surface area contributed by atoms with Gasteiger partial charge in [-0.3, -0.25) is 0 Å². The Bertz CT molecular complexity index is 264. The maximum absolute atomic E-state index is 5.75. The Hall–Kier alpha value is -0.380. The number of hydrogen-bond donors (Lipinski definition) is 1. The first-order valence-corrected chi connectivity index (χ1v) is 5.56. The normalized spacial score (nSPS) is 24.2. The third kappa shape index (κ3) is 2.30. The summed E-state index contributed by atoms with van der Waals surface area (Å²) in [6.07, 6.45) is 1.40. The van der Waals surface area contributed by atoms with Crippen molar-refractivity contribution in [2.75, 3.05) is 19.7 Å². The highest BCUT2D eigenvalue weighted by atomic mass is 32.1. The Morgan fingerprint density at radius 1 is 1.54 bits per heavy atom. The Labute approximate surface area is 82.9 Å². The van der Waals surface area contributed by atoms with Gasteiger partial charge < -0.3 is 10.1 Å². The van der Waals surface area contributed by atoms with E-state index in [1.165, 1.54) is 9.75 Å². The van der Waals surface area contributed by atoms with Gasteiger partial charge in [-0.2, -0.15) is 0 Å². The number of hydrogen-bond acceptors (Lipinski definition) is 3. The molecule has 1 saturated heterocycles. The van der Waals surface area contributed by atoms with Gasteiger partial charge >= 0.3 is 0 Å². The van der Waals surface area contributed by atoms with Crippen molar-refractivity contribution in [1.82, 2.24) is 5.32 Å². The van der Waals surface area contributed by atoms with Crippen LogP contribution >= 0.6 is 11.3 Å². The zero-order valence-electron chi connectivity index (χ0n) is 7.88. The van der Waals surface area contributed by atoms with Crippen LogP contribution in [0.1, 0.15) is 22.3 Å². The molecular weight excluding hydrogens is 182 g/mol. The Balaban J connectivity index is 2.06. The fraction of sp³-hybridized carbons (Fsp3) is 0.600. The highest BCUT2D eigenvalue weighted by Gasteiger charge is 2.15. The van der Waals surface area contributed by atoms with Gasteiger partial charge in [-0.1, -0.05) is 0 Å². The first-order chi connectivity index (χ1) is 6.36. The molecule has 0 spiro atoms. The molecule has 0 bridgehead atoms. The van der Waals surface area contributed by atoms with Gasteiger partial charge in [0, 0.05) is 22.9 Å². The van der Waals surface area contributed by atoms with Gasteiger partial charge in [-0.15, -0.1) is 11.3 Å². The predicted octanol–water partition coefficient (Wildman–Crippen LogP) is 2.11. The van der Waals surface area contributed by atoms with E-state index in [2.05, 4.69) is 24.4 Å². The van der Waals surface area contributed by atoms with Gasteiger partial charge in [-0.25, -0.2) is 0 Å². The molecule has 0 aromatic carbocycles. The minimum atomic E-state index is 0.279. The van der Waals surface area contributed by atoms with E-state index in [9.17, 15) is 0 Å². The topological polar surface area (TPSA) is 21.3 Å². The molecule has 72 valence electrons. The van der Waals surface area contributed by atoms with Crippen molar-refractivity contribution < 1.29 is 4.74 Å². The molecule has 0 aliphatic carbocycles. The van der Waals surface area contributed by atoms with Gasteiger partial charge in [0.25, 0.3) is 0 Å². The second-order valence-corrected chi connectivity index (χ2v) is 4.69. The fourth-order valence-corrected chi connectivity index (χ4v) is 2.45. The molecule has 1 aliphatic rings. The van der Waals surface area contributed by atoms with Crippen molar-refractivity contribution >= 4 is 11.3 Å². The van der Waals surface area contributed by atoms with Crippen LogP contribution in [-0.2, 0) is 4.74 Å². The number of aryl methyl sites for hydroxylation is 1. The van der Waals surface area contributed by atoms with Crippen LogP contribution in [0.3, 0.4) is 0 Å². The third-order valence-electron chi connectivity index (χ3n) is 2.23. The molecule has 1 aliphatic heterocycles. The van der Waals surface area contributed by atoms with Crippen molar-refractivity contribution in [1.29, 1.82) is 0 Å². The zero-order valence-corrected chi connectivity index (χ0v) is 8.69. The first kappa shape index (κ1) is 9.19. The third-order valence-corrected chi connectivity index (χ3v) is 3.32. The molecule has 2 rings (SSSR count). The van der Waals surface area contributed by atoms with Crippen LogP contribution in [0.5, 0.6) is 0 Å². The molecule has 0 radical (unpaired) electrons. The van der Waals surface area contributed by atoms with E-state index in [4.69, 9.17) is 4.74 Å². The molecule has 1 fully saturated rings. The van der Waals surface area contributed by atoms with E-state index in [1.54, 1.807) is 0 Å². The quantitative estimate of drug-likeness (QED) is 0.744. The fourth-order valence-electron chi connectivity index (χ4n) is 1.52. The number of nitrogens with one attached hydrogen (secondary N) is 1. The molecule has 0 amide bonds. The van der Waals surface area contributed by atoms with E-state index in [1.807, 2.05) is 11.3 Å².